The van der Waals surface area contributed by atoms with E-state index in [9.17, 15) is 0 Å². The average Bonchev–Trinajstić information content (AvgIpc) is 2.07. The van der Waals surface area contributed by atoms with Crippen LogP contribution in [0.2, 0.25) is 0 Å². The Labute approximate surface area is 99.5 Å². The topological polar surface area (TPSA) is 26.0 Å². The van der Waals surface area contributed by atoms with Crippen LogP contribution in [0.1, 0.15) is 43.5 Å². The summed E-state index contributed by atoms with van der Waals surface area (Å²) in [5.74, 6) is 0. The largest absolute Gasteiger partial charge is 0.324 e. The van der Waals surface area contributed by atoms with Gasteiger partial charge >= 0.3 is 0 Å². The lowest BCUT2D eigenvalue weighted by molar-refractivity contribution is 0.326. The van der Waals surface area contributed by atoms with Crippen molar-refractivity contribution in [2.45, 2.75) is 40.7 Å². The van der Waals surface area contributed by atoms with Crippen LogP contribution in [0.5, 0.6) is 0 Å². The minimum atomic E-state index is 0. The molecule has 2 heteroatoms. The monoisotopic (exact) mass is 227 g/mol. The van der Waals surface area contributed by atoms with Crippen LogP contribution in [0.25, 0.3) is 0 Å². The van der Waals surface area contributed by atoms with Crippen LogP contribution < -0.4 is 5.73 Å². The van der Waals surface area contributed by atoms with Crippen molar-refractivity contribution in [2.24, 2.45) is 11.1 Å². The molecule has 0 unspecified atom stereocenters. The highest BCUT2D eigenvalue weighted by Gasteiger charge is 2.23. The first-order chi connectivity index (χ1) is 6.34. The fourth-order valence-corrected chi connectivity index (χ4v) is 1.58. The molecule has 1 rings (SSSR count). The lowest BCUT2D eigenvalue weighted by Crippen LogP contribution is -2.27. The molecule has 15 heavy (non-hydrogen) atoms. The zero-order chi connectivity index (χ0) is 10.9. The Morgan fingerprint density at radius 3 is 2.13 bits per heavy atom. The van der Waals surface area contributed by atoms with Crippen molar-refractivity contribution in [1.82, 2.24) is 0 Å². The molecule has 0 fully saturated rings. The van der Waals surface area contributed by atoms with E-state index in [-0.39, 0.29) is 23.9 Å². The second-order valence-electron chi connectivity index (χ2n) is 5.13. The summed E-state index contributed by atoms with van der Waals surface area (Å²) >= 11 is 0. The molecule has 0 radical (unpaired) electrons. The van der Waals surface area contributed by atoms with Gasteiger partial charge in [0.15, 0.2) is 0 Å². The molecule has 1 nitrogen and oxygen atoms in total. The highest BCUT2D eigenvalue weighted by Crippen LogP contribution is 2.32. The van der Waals surface area contributed by atoms with Gasteiger partial charge in [-0.05, 0) is 36.0 Å². The Hall–Kier alpha value is -0.530. The molecule has 0 amide bonds. The molecule has 0 aromatic heterocycles. The molecule has 0 aliphatic heterocycles. The molecule has 0 spiro atoms. The van der Waals surface area contributed by atoms with Crippen LogP contribution in [0.3, 0.4) is 0 Å². The molecule has 0 heterocycles. The predicted octanol–water partition coefficient (Wildman–Crippen LogP) is 3.77. The fourth-order valence-electron chi connectivity index (χ4n) is 1.58. The van der Waals surface area contributed by atoms with Crippen LogP contribution in [-0.2, 0) is 0 Å². The van der Waals surface area contributed by atoms with E-state index in [0.29, 0.717) is 0 Å². The highest BCUT2D eigenvalue weighted by atomic mass is 35.5. The van der Waals surface area contributed by atoms with Gasteiger partial charge in [-0.2, -0.15) is 0 Å². The molecular weight excluding hydrogens is 206 g/mol. The van der Waals surface area contributed by atoms with E-state index in [2.05, 4.69) is 52.8 Å². The third-order valence-corrected chi connectivity index (χ3v) is 2.91. The summed E-state index contributed by atoms with van der Waals surface area (Å²) in [6.45, 7) is 10.8. The first kappa shape index (κ1) is 14.5. The lowest BCUT2D eigenvalue weighted by atomic mass is 9.81. The van der Waals surface area contributed by atoms with Gasteiger partial charge in [-0.1, -0.05) is 39.0 Å². The summed E-state index contributed by atoms with van der Waals surface area (Å²) in [5.41, 5.74) is 10.3. The molecule has 0 bridgehead atoms. The minimum absolute atomic E-state index is 0. The van der Waals surface area contributed by atoms with Gasteiger partial charge in [-0.25, -0.2) is 0 Å². The first-order valence-corrected chi connectivity index (χ1v) is 5.15. The molecule has 1 aromatic carbocycles. The van der Waals surface area contributed by atoms with Crippen LogP contribution in [0.15, 0.2) is 18.2 Å². The quantitative estimate of drug-likeness (QED) is 0.777. The van der Waals surface area contributed by atoms with E-state index in [4.69, 9.17) is 5.73 Å². The standard InChI is InChI=1S/C13H21N.ClH/c1-9-7-6-8-11(10(9)2)12(14)13(3,4)5;/h6-8,12H,14H2,1-5H3;1H/t12-;/m0./s1. The van der Waals surface area contributed by atoms with E-state index < -0.39 is 0 Å². The maximum Gasteiger partial charge on any atom is 0.0346 e. The maximum absolute atomic E-state index is 6.24. The molecule has 0 saturated heterocycles. The molecule has 86 valence electrons. The zero-order valence-corrected chi connectivity index (χ0v) is 11.1. The van der Waals surface area contributed by atoms with E-state index >= 15 is 0 Å². The third-order valence-electron chi connectivity index (χ3n) is 2.91. The Bertz CT molecular complexity index is 326. The molecule has 0 aliphatic rings. The third kappa shape index (κ3) is 3.22. The summed E-state index contributed by atoms with van der Waals surface area (Å²) < 4.78 is 0. The fraction of sp³-hybridized carbons (Fsp3) is 0.538. The smallest absolute Gasteiger partial charge is 0.0346 e. The highest BCUT2D eigenvalue weighted by molar-refractivity contribution is 5.85. The van der Waals surface area contributed by atoms with Crippen molar-refractivity contribution in [1.29, 1.82) is 0 Å². The molecule has 1 aromatic rings. The van der Waals surface area contributed by atoms with Crippen molar-refractivity contribution < 1.29 is 0 Å². The van der Waals surface area contributed by atoms with Gasteiger partial charge < -0.3 is 5.73 Å². The summed E-state index contributed by atoms with van der Waals surface area (Å²) in [5, 5.41) is 0. The molecular formula is C13H22ClN. The maximum atomic E-state index is 6.24. The van der Waals surface area contributed by atoms with Gasteiger partial charge in [0.2, 0.25) is 0 Å². The summed E-state index contributed by atoms with van der Waals surface area (Å²) in [6.07, 6.45) is 0. The van der Waals surface area contributed by atoms with E-state index in [0.717, 1.165) is 0 Å². The SMILES string of the molecule is Cc1cccc([C@H](N)C(C)(C)C)c1C.Cl. The van der Waals surface area contributed by atoms with Crippen molar-refractivity contribution in [3.8, 4) is 0 Å². The number of hydrogen-bond acceptors (Lipinski definition) is 1. The van der Waals surface area contributed by atoms with Crippen molar-refractivity contribution >= 4 is 12.4 Å². The summed E-state index contributed by atoms with van der Waals surface area (Å²) in [6, 6.07) is 6.47. The molecule has 1 atom stereocenters. The number of aryl methyl sites for hydroxylation is 1. The summed E-state index contributed by atoms with van der Waals surface area (Å²) in [4.78, 5) is 0. The lowest BCUT2D eigenvalue weighted by Gasteiger charge is -2.29. The predicted molar refractivity (Wildman–Crippen MR) is 69.5 cm³/mol. The number of nitrogens with two attached hydrogens (primary N) is 1. The van der Waals surface area contributed by atoms with Gasteiger partial charge in [-0.15, -0.1) is 12.4 Å². The molecule has 0 aliphatic carbocycles. The van der Waals surface area contributed by atoms with Crippen LogP contribution in [0, 0.1) is 19.3 Å². The van der Waals surface area contributed by atoms with Crippen LogP contribution in [-0.4, -0.2) is 0 Å². The number of hydrogen-bond donors (Lipinski definition) is 1. The average molecular weight is 228 g/mol. The second-order valence-corrected chi connectivity index (χ2v) is 5.13. The molecule has 0 saturated carbocycles. The van der Waals surface area contributed by atoms with Gasteiger partial charge in [0.1, 0.15) is 0 Å². The normalized spacial score (nSPS) is 13.2. The van der Waals surface area contributed by atoms with E-state index in [1.807, 2.05) is 0 Å². The van der Waals surface area contributed by atoms with Crippen LogP contribution >= 0.6 is 12.4 Å². The van der Waals surface area contributed by atoms with Gasteiger partial charge in [0.05, 0.1) is 0 Å². The first-order valence-electron chi connectivity index (χ1n) is 5.15. The Morgan fingerprint density at radius 1 is 1.13 bits per heavy atom. The number of rotatable bonds is 1. The summed E-state index contributed by atoms with van der Waals surface area (Å²) in [7, 11) is 0. The minimum Gasteiger partial charge on any atom is -0.324 e. The van der Waals surface area contributed by atoms with Crippen molar-refractivity contribution in [3.63, 3.8) is 0 Å². The van der Waals surface area contributed by atoms with Gasteiger partial charge in [-0.3, -0.25) is 0 Å². The van der Waals surface area contributed by atoms with E-state index in [1.165, 1.54) is 16.7 Å². The van der Waals surface area contributed by atoms with E-state index in [1.54, 1.807) is 0 Å². The number of halogens is 1. The van der Waals surface area contributed by atoms with Crippen LogP contribution in [0.4, 0.5) is 0 Å². The van der Waals surface area contributed by atoms with Crippen molar-refractivity contribution in [3.05, 3.63) is 34.9 Å². The molecule has 2 N–H and O–H groups in total. The Kier molecular flexibility index (Phi) is 4.82. The van der Waals surface area contributed by atoms with Gasteiger partial charge in [0, 0.05) is 6.04 Å². The Balaban J connectivity index is 0.00000196. The van der Waals surface area contributed by atoms with Gasteiger partial charge in [0.25, 0.3) is 0 Å². The number of benzene rings is 1. The Morgan fingerprint density at radius 2 is 1.67 bits per heavy atom. The zero-order valence-electron chi connectivity index (χ0n) is 10.3. The second kappa shape index (κ2) is 5.00. The van der Waals surface area contributed by atoms with Crippen molar-refractivity contribution in [2.75, 3.05) is 0 Å².